The van der Waals surface area contributed by atoms with Gasteiger partial charge >= 0.3 is 12.3 Å². The molecular formula is C11H16F4O2. The number of ketones is 1. The fourth-order valence-corrected chi connectivity index (χ4v) is 1.93. The summed E-state index contributed by atoms with van der Waals surface area (Å²) in [7, 11) is 0. The second-order valence-corrected chi connectivity index (χ2v) is 4.46. The van der Waals surface area contributed by atoms with Crippen LogP contribution in [0.1, 0.15) is 32.6 Å². The molecule has 2 nitrogen and oxygen atoms in total. The fourth-order valence-electron chi connectivity index (χ4n) is 1.93. The van der Waals surface area contributed by atoms with Crippen molar-refractivity contribution in [2.75, 3.05) is 6.61 Å². The van der Waals surface area contributed by atoms with E-state index in [1.807, 2.05) is 0 Å². The van der Waals surface area contributed by atoms with E-state index in [4.69, 9.17) is 4.74 Å². The third-order valence-corrected chi connectivity index (χ3v) is 3.08. The first-order valence-electron chi connectivity index (χ1n) is 5.61. The van der Waals surface area contributed by atoms with Crippen LogP contribution in [0.4, 0.5) is 17.6 Å². The van der Waals surface area contributed by atoms with Crippen molar-refractivity contribution in [3.8, 4) is 0 Å². The predicted octanol–water partition coefficient (Wildman–Crippen LogP) is 3.05. The molecular weight excluding hydrogens is 240 g/mol. The van der Waals surface area contributed by atoms with Crippen LogP contribution in [-0.2, 0) is 9.53 Å². The van der Waals surface area contributed by atoms with E-state index in [1.165, 1.54) is 6.92 Å². The number of hydrogen-bond donors (Lipinski definition) is 0. The maximum absolute atomic E-state index is 12.6. The Kier molecular flexibility index (Phi) is 4.91. The molecule has 17 heavy (non-hydrogen) atoms. The van der Waals surface area contributed by atoms with Crippen LogP contribution in [0.25, 0.3) is 0 Å². The highest BCUT2D eigenvalue weighted by atomic mass is 19.3. The van der Waals surface area contributed by atoms with Gasteiger partial charge < -0.3 is 4.74 Å². The molecule has 0 saturated heterocycles. The van der Waals surface area contributed by atoms with Gasteiger partial charge in [0.25, 0.3) is 0 Å². The summed E-state index contributed by atoms with van der Waals surface area (Å²) >= 11 is 0. The number of halogens is 4. The number of hydrogen-bond acceptors (Lipinski definition) is 2. The van der Waals surface area contributed by atoms with E-state index in [0.29, 0.717) is 25.7 Å². The van der Waals surface area contributed by atoms with Crippen LogP contribution < -0.4 is 0 Å². The van der Waals surface area contributed by atoms with Gasteiger partial charge in [-0.1, -0.05) is 0 Å². The number of ether oxygens (including phenoxy) is 1. The lowest BCUT2D eigenvalue weighted by Gasteiger charge is -2.28. The van der Waals surface area contributed by atoms with Crippen molar-refractivity contribution >= 4 is 5.78 Å². The molecule has 1 rings (SSSR count). The van der Waals surface area contributed by atoms with Crippen LogP contribution in [0.5, 0.6) is 0 Å². The molecule has 0 aromatic carbocycles. The Labute approximate surface area is 97.3 Å². The summed E-state index contributed by atoms with van der Waals surface area (Å²) in [4.78, 5) is 11.1. The van der Waals surface area contributed by atoms with Gasteiger partial charge in [-0.2, -0.15) is 8.78 Å². The van der Waals surface area contributed by atoms with E-state index >= 15 is 0 Å². The molecule has 0 heterocycles. The lowest BCUT2D eigenvalue weighted by molar-refractivity contribution is -0.179. The molecule has 0 bridgehead atoms. The summed E-state index contributed by atoms with van der Waals surface area (Å²) in [5.41, 5.74) is 0. The van der Waals surface area contributed by atoms with Gasteiger partial charge in [-0.3, -0.25) is 4.79 Å². The Morgan fingerprint density at radius 2 is 1.82 bits per heavy atom. The lowest BCUT2D eigenvalue weighted by Crippen LogP contribution is -2.35. The first kappa shape index (κ1) is 14.4. The molecule has 0 spiro atoms. The molecule has 0 unspecified atom stereocenters. The van der Waals surface area contributed by atoms with Crippen LogP contribution >= 0.6 is 0 Å². The Hall–Kier alpha value is -0.650. The summed E-state index contributed by atoms with van der Waals surface area (Å²) in [6.45, 7) is 0.247. The SMILES string of the molecule is CC(=O)C1CCC(OCC(F)(F)C(F)F)CC1. The number of rotatable bonds is 5. The van der Waals surface area contributed by atoms with E-state index in [9.17, 15) is 22.4 Å². The second kappa shape index (κ2) is 5.80. The molecule has 0 amide bonds. The van der Waals surface area contributed by atoms with Gasteiger partial charge in [0.2, 0.25) is 0 Å². The van der Waals surface area contributed by atoms with Gasteiger partial charge in [-0.05, 0) is 32.6 Å². The van der Waals surface area contributed by atoms with Gasteiger partial charge in [-0.15, -0.1) is 0 Å². The van der Waals surface area contributed by atoms with E-state index in [0.717, 1.165) is 0 Å². The van der Waals surface area contributed by atoms with Crippen LogP contribution in [-0.4, -0.2) is 30.8 Å². The van der Waals surface area contributed by atoms with Crippen molar-refractivity contribution in [3.63, 3.8) is 0 Å². The Bertz CT molecular complexity index is 260. The monoisotopic (exact) mass is 256 g/mol. The highest BCUT2D eigenvalue weighted by molar-refractivity contribution is 5.78. The zero-order chi connectivity index (χ0) is 13.1. The number of carbonyl (C=O) groups is 1. The van der Waals surface area contributed by atoms with Gasteiger partial charge in [0, 0.05) is 5.92 Å². The third kappa shape index (κ3) is 4.26. The largest absolute Gasteiger partial charge is 0.372 e. The molecule has 6 heteroatoms. The summed E-state index contributed by atoms with van der Waals surface area (Å²) in [6.07, 6.45) is -2.01. The quantitative estimate of drug-likeness (QED) is 0.707. The van der Waals surface area contributed by atoms with E-state index < -0.39 is 25.1 Å². The Balaban J connectivity index is 2.29. The predicted molar refractivity (Wildman–Crippen MR) is 53.3 cm³/mol. The molecule has 100 valence electrons. The minimum Gasteiger partial charge on any atom is -0.372 e. The highest BCUT2D eigenvalue weighted by Crippen LogP contribution is 2.29. The molecule has 0 aliphatic heterocycles. The summed E-state index contributed by atoms with van der Waals surface area (Å²) < 4.78 is 53.7. The normalized spacial score (nSPS) is 26.2. The smallest absolute Gasteiger partial charge is 0.330 e. The van der Waals surface area contributed by atoms with Gasteiger partial charge in [0.05, 0.1) is 6.10 Å². The number of Topliss-reactive ketones (excluding diaryl/α,β-unsaturated/α-hetero) is 1. The van der Waals surface area contributed by atoms with Gasteiger partial charge in [0.1, 0.15) is 12.4 Å². The molecule has 0 aromatic heterocycles. The lowest BCUT2D eigenvalue weighted by atomic mass is 9.85. The van der Waals surface area contributed by atoms with Crippen LogP contribution in [0.3, 0.4) is 0 Å². The van der Waals surface area contributed by atoms with Crippen molar-refractivity contribution in [2.45, 2.75) is 51.1 Å². The van der Waals surface area contributed by atoms with Gasteiger partial charge in [0.15, 0.2) is 0 Å². The molecule has 1 aliphatic carbocycles. The zero-order valence-electron chi connectivity index (χ0n) is 9.60. The molecule has 0 aromatic rings. The molecule has 0 atom stereocenters. The van der Waals surface area contributed by atoms with Crippen LogP contribution in [0.2, 0.25) is 0 Å². The van der Waals surface area contributed by atoms with E-state index in [2.05, 4.69) is 0 Å². The minimum absolute atomic E-state index is 0.0366. The summed E-state index contributed by atoms with van der Waals surface area (Å²) in [6, 6.07) is 0. The topological polar surface area (TPSA) is 26.3 Å². The number of alkyl halides is 4. The molecule has 1 fully saturated rings. The van der Waals surface area contributed by atoms with Gasteiger partial charge in [-0.25, -0.2) is 8.78 Å². The van der Waals surface area contributed by atoms with Crippen LogP contribution in [0.15, 0.2) is 0 Å². The molecule has 1 saturated carbocycles. The van der Waals surface area contributed by atoms with Crippen molar-refractivity contribution in [3.05, 3.63) is 0 Å². The van der Waals surface area contributed by atoms with Crippen molar-refractivity contribution in [1.82, 2.24) is 0 Å². The standard InChI is InChI=1S/C11H16F4O2/c1-7(16)8-2-4-9(5-3-8)17-6-11(14,15)10(12)13/h8-10H,2-6H2,1H3. The first-order chi connectivity index (χ1) is 7.83. The molecule has 0 N–H and O–H groups in total. The first-order valence-corrected chi connectivity index (χ1v) is 5.61. The average molecular weight is 256 g/mol. The third-order valence-electron chi connectivity index (χ3n) is 3.08. The maximum Gasteiger partial charge on any atom is 0.330 e. The minimum atomic E-state index is -4.09. The summed E-state index contributed by atoms with van der Waals surface area (Å²) in [5, 5.41) is 0. The van der Waals surface area contributed by atoms with Crippen molar-refractivity contribution in [1.29, 1.82) is 0 Å². The zero-order valence-corrected chi connectivity index (χ0v) is 9.60. The Morgan fingerprint density at radius 3 is 2.24 bits per heavy atom. The van der Waals surface area contributed by atoms with E-state index in [-0.39, 0.29) is 11.7 Å². The maximum atomic E-state index is 12.6. The summed E-state index contributed by atoms with van der Waals surface area (Å²) in [5.74, 6) is -4.04. The van der Waals surface area contributed by atoms with Crippen molar-refractivity contribution in [2.24, 2.45) is 5.92 Å². The van der Waals surface area contributed by atoms with E-state index in [1.54, 1.807) is 0 Å². The second-order valence-electron chi connectivity index (χ2n) is 4.46. The Morgan fingerprint density at radius 1 is 1.29 bits per heavy atom. The average Bonchev–Trinajstić information content (AvgIpc) is 2.27. The molecule has 0 radical (unpaired) electrons. The fraction of sp³-hybridized carbons (Fsp3) is 0.909. The molecule has 1 aliphatic rings. The van der Waals surface area contributed by atoms with Crippen LogP contribution in [0, 0.1) is 5.92 Å². The highest BCUT2D eigenvalue weighted by Gasteiger charge is 2.41. The number of carbonyl (C=O) groups excluding carboxylic acids is 1. The van der Waals surface area contributed by atoms with Crippen molar-refractivity contribution < 1.29 is 27.1 Å².